The Kier molecular flexibility index (Phi) is 5.25. The summed E-state index contributed by atoms with van der Waals surface area (Å²) in [5, 5.41) is 5.20. The van der Waals surface area contributed by atoms with Gasteiger partial charge in [-0.3, -0.25) is 0 Å². The van der Waals surface area contributed by atoms with E-state index in [9.17, 15) is 8.42 Å². The Bertz CT molecular complexity index is 1640. The summed E-state index contributed by atoms with van der Waals surface area (Å²) in [6, 6.07) is 17.1. The average molecular weight is 489 g/mol. The number of aromatic nitrogens is 1. The van der Waals surface area contributed by atoms with Crippen molar-refractivity contribution in [1.82, 2.24) is 3.97 Å². The van der Waals surface area contributed by atoms with Crippen molar-refractivity contribution in [2.75, 3.05) is 0 Å². The molecule has 0 radical (unpaired) electrons. The zero-order valence-corrected chi connectivity index (χ0v) is 20.7. The Morgan fingerprint density at radius 2 is 1.64 bits per heavy atom. The fraction of sp³-hybridized carbons (Fsp3) is 0.115. The summed E-state index contributed by atoms with van der Waals surface area (Å²) in [7, 11) is -3.94. The molecule has 0 saturated carbocycles. The smallest absolute Gasteiger partial charge is 0.232 e. The third-order valence-corrected chi connectivity index (χ3v) is 9.41. The van der Waals surface area contributed by atoms with Crippen LogP contribution in [0.5, 0.6) is 0 Å². The van der Waals surface area contributed by atoms with E-state index in [1.54, 1.807) is 0 Å². The van der Waals surface area contributed by atoms with Gasteiger partial charge in [-0.1, -0.05) is 48.0 Å². The van der Waals surface area contributed by atoms with Crippen LogP contribution < -0.4 is 0 Å². The topological polar surface area (TPSA) is 43.4 Å². The zero-order chi connectivity index (χ0) is 23.3. The van der Waals surface area contributed by atoms with Crippen LogP contribution in [0.4, 0.5) is 5.00 Å². The van der Waals surface area contributed by atoms with E-state index in [1.165, 1.54) is 26.6 Å². The van der Waals surface area contributed by atoms with E-state index in [1.807, 2.05) is 86.1 Å². The second kappa shape index (κ2) is 7.99. The van der Waals surface area contributed by atoms with Gasteiger partial charge in [0.05, 0.1) is 27.6 Å². The van der Waals surface area contributed by atoms with Gasteiger partial charge in [-0.15, -0.1) is 11.3 Å². The van der Waals surface area contributed by atoms with Crippen LogP contribution in [0.3, 0.4) is 0 Å². The normalized spacial score (nSPS) is 11.7. The van der Waals surface area contributed by atoms with Crippen LogP contribution in [0, 0.1) is 27.3 Å². The van der Waals surface area contributed by atoms with E-state index in [4.69, 9.17) is 6.57 Å². The van der Waals surface area contributed by atoms with Crippen LogP contribution in [0.1, 0.15) is 16.7 Å². The first-order chi connectivity index (χ1) is 15.8. The molecule has 0 atom stereocenters. The lowest BCUT2D eigenvalue weighted by Crippen LogP contribution is -2.17. The Labute approximate surface area is 201 Å². The van der Waals surface area contributed by atoms with Crippen molar-refractivity contribution in [1.29, 1.82) is 0 Å². The first-order valence-corrected chi connectivity index (χ1v) is 13.5. The number of benzene rings is 2. The molecule has 0 fully saturated rings. The monoisotopic (exact) mass is 488 g/mol. The van der Waals surface area contributed by atoms with Crippen molar-refractivity contribution in [3.8, 4) is 21.7 Å². The second-order valence-electron chi connectivity index (χ2n) is 7.97. The number of hydrogen-bond donors (Lipinski definition) is 0. The van der Waals surface area contributed by atoms with Crippen LogP contribution in [-0.4, -0.2) is 12.4 Å². The molecule has 5 aromatic rings. The number of aryl methyl sites for hydroxylation is 3. The summed E-state index contributed by atoms with van der Waals surface area (Å²) in [5.41, 5.74) is 5.24. The Hall–Kier alpha value is -3.18. The number of nitrogens with zero attached hydrogens (tertiary/aromatic N) is 2. The molecule has 0 saturated heterocycles. The fourth-order valence-electron chi connectivity index (χ4n) is 4.61. The van der Waals surface area contributed by atoms with Gasteiger partial charge >= 0.3 is 0 Å². The van der Waals surface area contributed by atoms with E-state index in [0.29, 0.717) is 21.1 Å². The lowest BCUT2D eigenvalue weighted by Gasteiger charge is -2.16. The van der Waals surface area contributed by atoms with Crippen LogP contribution >= 0.6 is 22.7 Å². The molecule has 0 aliphatic carbocycles. The van der Waals surface area contributed by atoms with E-state index in [0.717, 1.165) is 38.1 Å². The highest BCUT2D eigenvalue weighted by Crippen LogP contribution is 2.48. The summed E-state index contributed by atoms with van der Waals surface area (Å²) in [4.78, 5) is 4.89. The molecular weight excluding hydrogens is 468 g/mol. The molecule has 7 heteroatoms. The molecular formula is C26H20N2O2S3. The Morgan fingerprint density at radius 1 is 0.909 bits per heavy atom. The molecule has 5 rings (SSSR count). The van der Waals surface area contributed by atoms with Gasteiger partial charge in [-0.2, -0.15) is 11.3 Å². The molecule has 33 heavy (non-hydrogen) atoms. The van der Waals surface area contributed by atoms with Crippen LogP contribution in [0.2, 0.25) is 0 Å². The predicted molar refractivity (Wildman–Crippen MR) is 138 cm³/mol. The van der Waals surface area contributed by atoms with Crippen molar-refractivity contribution in [2.24, 2.45) is 0 Å². The van der Waals surface area contributed by atoms with E-state index in [-0.39, 0.29) is 0 Å². The van der Waals surface area contributed by atoms with Gasteiger partial charge < -0.3 is 0 Å². The standard InChI is InChI=1S/C26H20N2O2S3/c1-16-14-17(2)25(18(3)15-16)33(29,30)28-21-9-6-5-8-19(21)23(20-11-13-32-26(20)27-4)24(28)22-10-7-12-31-22/h5-15H,1-3H3. The van der Waals surface area contributed by atoms with Crippen LogP contribution in [0.25, 0.3) is 37.4 Å². The minimum atomic E-state index is -3.94. The number of fused-ring (bicyclic) bond motifs is 1. The minimum Gasteiger partial charge on any atom is -0.232 e. The summed E-state index contributed by atoms with van der Waals surface area (Å²) in [5.74, 6) is 0. The molecule has 0 unspecified atom stereocenters. The molecule has 4 nitrogen and oxygen atoms in total. The van der Waals surface area contributed by atoms with Gasteiger partial charge in [0.25, 0.3) is 10.0 Å². The maximum absolute atomic E-state index is 14.4. The lowest BCUT2D eigenvalue weighted by atomic mass is 10.0. The van der Waals surface area contributed by atoms with Crippen molar-refractivity contribution in [2.45, 2.75) is 25.7 Å². The van der Waals surface area contributed by atoms with Crippen molar-refractivity contribution in [3.63, 3.8) is 0 Å². The van der Waals surface area contributed by atoms with Gasteiger partial charge in [-0.25, -0.2) is 17.2 Å². The highest BCUT2D eigenvalue weighted by Gasteiger charge is 2.31. The van der Waals surface area contributed by atoms with Gasteiger partial charge in [0.2, 0.25) is 5.00 Å². The highest BCUT2D eigenvalue weighted by molar-refractivity contribution is 7.90. The molecule has 0 amide bonds. The van der Waals surface area contributed by atoms with Gasteiger partial charge in [0.15, 0.2) is 0 Å². The second-order valence-corrected chi connectivity index (χ2v) is 11.5. The minimum absolute atomic E-state index is 0.328. The zero-order valence-electron chi connectivity index (χ0n) is 18.3. The first kappa shape index (κ1) is 21.7. The third kappa shape index (κ3) is 3.34. The van der Waals surface area contributed by atoms with Crippen molar-refractivity contribution >= 4 is 48.6 Å². The quantitative estimate of drug-likeness (QED) is 0.242. The van der Waals surface area contributed by atoms with E-state index < -0.39 is 10.0 Å². The van der Waals surface area contributed by atoms with Crippen LogP contribution in [0.15, 0.2) is 70.3 Å². The molecule has 0 N–H and O–H groups in total. The Morgan fingerprint density at radius 3 is 2.30 bits per heavy atom. The largest absolute Gasteiger partial charge is 0.269 e. The maximum Gasteiger partial charge on any atom is 0.269 e. The SMILES string of the molecule is [C-]#[N+]c1sccc1-c1c(-c2cccs2)n(S(=O)(=O)c2c(C)cc(C)cc2C)c2ccccc12. The molecule has 0 aliphatic rings. The number of hydrogen-bond acceptors (Lipinski definition) is 4. The van der Waals surface area contributed by atoms with Gasteiger partial charge in [-0.05, 0) is 54.8 Å². The molecule has 3 heterocycles. The van der Waals surface area contributed by atoms with E-state index in [2.05, 4.69) is 4.85 Å². The summed E-state index contributed by atoms with van der Waals surface area (Å²) < 4.78 is 30.2. The average Bonchev–Trinajstić information content (AvgIpc) is 3.50. The summed E-state index contributed by atoms with van der Waals surface area (Å²) >= 11 is 2.86. The molecule has 0 aliphatic heterocycles. The van der Waals surface area contributed by atoms with Gasteiger partial charge in [0.1, 0.15) is 0 Å². The van der Waals surface area contributed by atoms with Crippen LogP contribution in [-0.2, 0) is 10.0 Å². The van der Waals surface area contributed by atoms with Crippen molar-refractivity contribution in [3.05, 3.63) is 93.5 Å². The van der Waals surface area contributed by atoms with Gasteiger partial charge in [0, 0.05) is 16.5 Å². The molecule has 0 bridgehead atoms. The lowest BCUT2D eigenvalue weighted by molar-refractivity contribution is 0.588. The third-order valence-electron chi connectivity index (χ3n) is 5.71. The number of para-hydroxylation sites is 1. The molecule has 0 spiro atoms. The molecule has 164 valence electrons. The summed E-state index contributed by atoms with van der Waals surface area (Å²) in [6.07, 6.45) is 0. The Balaban J connectivity index is 1.99. The molecule has 2 aromatic carbocycles. The predicted octanol–water partition coefficient (Wildman–Crippen LogP) is 7.81. The maximum atomic E-state index is 14.4. The van der Waals surface area contributed by atoms with E-state index >= 15 is 0 Å². The van der Waals surface area contributed by atoms with Crippen molar-refractivity contribution < 1.29 is 8.42 Å². The first-order valence-electron chi connectivity index (χ1n) is 10.3. The highest BCUT2D eigenvalue weighted by atomic mass is 32.2. The molecule has 3 aromatic heterocycles. The fourth-order valence-corrected chi connectivity index (χ4v) is 8.08. The summed E-state index contributed by atoms with van der Waals surface area (Å²) in [6.45, 7) is 13.3. The number of thiophene rings is 2. The number of rotatable bonds is 4.